The number of fused-ring (bicyclic) bond motifs is 4. The predicted octanol–water partition coefficient (Wildman–Crippen LogP) is 8.83. The third kappa shape index (κ3) is 4.53. The van der Waals surface area contributed by atoms with Crippen molar-refractivity contribution in [3.8, 4) is 0 Å². The van der Waals surface area contributed by atoms with Crippen LogP contribution in [0.1, 0.15) is 127 Å². The molecule has 0 aliphatic heterocycles. The van der Waals surface area contributed by atoms with Crippen LogP contribution in [0.25, 0.3) is 0 Å². The number of aromatic carboxylic acids is 1. The van der Waals surface area contributed by atoms with Crippen LogP contribution < -0.4 is 0 Å². The van der Waals surface area contributed by atoms with Gasteiger partial charge in [0.25, 0.3) is 0 Å². The van der Waals surface area contributed by atoms with Gasteiger partial charge < -0.3 is 5.11 Å². The molecule has 1 N–H and O–H groups in total. The molecule has 0 spiro atoms. The SMILES string of the molecule is CC(C)CCC[C@@H](C)[C@H]1CC[C@H]2C3=C(CC[C@]12C)[C@@]1(C)CC[C@H](c2ccccc2C(=O)O)C[C@@H]1CC3=O. The Labute approximate surface area is 224 Å². The molecule has 4 aliphatic rings. The zero-order valence-electron chi connectivity index (χ0n) is 23.8. The molecule has 0 radical (unpaired) electrons. The highest BCUT2D eigenvalue weighted by atomic mass is 16.4. The average Bonchev–Trinajstić information content (AvgIpc) is 3.21. The number of ketones is 1. The molecule has 0 bridgehead atoms. The highest BCUT2D eigenvalue weighted by Crippen LogP contribution is 2.66. The van der Waals surface area contributed by atoms with E-state index < -0.39 is 5.97 Å². The highest BCUT2D eigenvalue weighted by molar-refractivity contribution is 5.98. The minimum absolute atomic E-state index is 0.0974. The molecule has 0 aromatic heterocycles. The van der Waals surface area contributed by atoms with Crippen molar-refractivity contribution in [1.29, 1.82) is 0 Å². The second-order valence-corrected chi connectivity index (χ2v) is 14.0. The van der Waals surface area contributed by atoms with Crippen molar-refractivity contribution in [1.82, 2.24) is 0 Å². The van der Waals surface area contributed by atoms with E-state index >= 15 is 0 Å². The Morgan fingerprint density at radius 1 is 1.05 bits per heavy atom. The minimum Gasteiger partial charge on any atom is -0.478 e. The summed E-state index contributed by atoms with van der Waals surface area (Å²) in [4.78, 5) is 25.8. The zero-order valence-corrected chi connectivity index (χ0v) is 23.8. The summed E-state index contributed by atoms with van der Waals surface area (Å²) in [5, 5.41) is 9.76. The molecule has 2 saturated carbocycles. The van der Waals surface area contributed by atoms with Crippen molar-refractivity contribution in [2.45, 2.75) is 111 Å². The number of carboxylic acid groups (broad SMARTS) is 1. The van der Waals surface area contributed by atoms with E-state index in [1.54, 1.807) is 6.07 Å². The Morgan fingerprint density at radius 3 is 2.54 bits per heavy atom. The van der Waals surface area contributed by atoms with E-state index in [4.69, 9.17) is 0 Å². The summed E-state index contributed by atoms with van der Waals surface area (Å²) in [6, 6.07) is 7.52. The third-order valence-corrected chi connectivity index (χ3v) is 11.7. The van der Waals surface area contributed by atoms with Crippen molar-refractivity contribution in [2.75, 3.05) is 0 Å². The monoisotopic (exact) mass is 504 g/mol. The Kier molecular flexibility index (Phi) is 7.22. The number of hydrogen-bond donors (Lipinski definition) is 1. The maximum Gasteiger partial charge on any atom is 0.335 e. The van der Waals surface area contributed by atoms with Crippen LogP contribution in [0, 0.1) is 40.4 Å². The largest absolute Gasteiger partial charge is 0.478 e. The summed E-state index contributed by atoms with van der Waals surface area (Å²) in [6.45, 7) is 12.1. The number of carboxylic acids is 1. The molecular weight excluding hydrogens is 456 g/mol. The Bertz CT molecular complexity index is 1080. The van der Waals surface area contributed by atoms with E-state index in [2.05, 4.69) is 34.6 Å². The van der Waals surface area contributed by atoms with Crippen molar-refractivity contribution >= 4 is 11.8 Å². The first-order chi connectivity index (χ1) is 17.6. The number of hydrogen-bond acceptors (Lipinski definition) is 2. The van der Waals surface area contributed by atoms with Gasteiger partial charge in [-0.2, -0.15) is 0 Å². The van der Waals surface area contributed by atoms with Gasteiger partial charge in [-0.3, -0.25) is 4.79 Å². The van der Waals surface area contributed by atoms with Gasteiger partial charge >= 0.3 is 5.97 Å². The van der Waals surface area contributed by atoms with Crippen LogP contribution in [0.3, 0.4) is 0 Å². The number of benzene rings is 1. The maximum atomic E-state index is 13.9. The third-order valence-electron chi connectivity index (χ3n) is 11.7. The lowest BCUT2D eigenvalue weighted by Crippen LogP contribution is -2.47. The average molecular weight is 505 g/mol. The first-order valence-corrected chi connectivity index (χ1v) is 15.1. The molecule has 1 aromatic carbocycles. The van der Waals surface area contributed by atoms with Crippen LogP contribution >= 0.6 is 0 Å². The fourth-order valence-corrected chi connectivity index (χ4v) is 9.55. The molecule has 1 aromatic rings. The smallest absolute Gasteiger partial charge is 0.335 e. The lowest BCUT2D eigenvalue weighted by Gasteiger charge is -2.55. The molecule has 2 fully saturated rings. The number of allylic oxidation sites excluding steroid dienone is 2. The standard InChI is InChI=1S/C34H48O3/c1-21(2)9-8-10-22(3)27-13-14-28-31-29(16-18-34(27,28)5)33(4)17-15-23(19-24(33)20-30(31)35)25-11-6-7-12-26(25)32(36)37/h6-7,11-12,21-24,27-28H,8-10,13-20H2,1-5H3,(H,36,37)/t22-,23+,24-,27-,28+,33+,34-/m1/s1. The Hall–Kier alpha value is -1.90. The molecule has 4 aliphatic carbocycles. The Balaban J connectivity index is 1.38. The van der Waals surface area contributed by atoms with Crippen LogP contribution in [0.15, 0.2) is 35.4 Å². The van der Waals surface area contributed by atoms with Gasteiger partial charge in [-0.25, -0.2) is 4.79 Å². The summed E-state index contributed by atoms with van der Waals surface area (Å²) < 4.78 is 0. The summed E-state index contributed by atoms with van der Waals surface area (Å²) in [7, 11) is 0. The van der Waals surface area contributed by atoms with E-state index in [0.717, 1.165) is 49.0 Å². The van der Waals surface area contributed by atoms with E-state index in [9.17, 15) is 14.7 Å². The topological polar surface area (TPSA) is 54.4 Å². The van der Waals surface area contributed by atoms with Crippen LogP contribution in [-0.2, 0) is 4.79 Å². The summed E-state index contributed by atoms with van der Waals surface area (Å²) in [5.41, 5.74) is 4.53. The Morgan fingerprint density at radius 2 is 1.81 bits per heavy atom. The van der Waals surface area contributed by atoms with Gasteiger partial charge in [0.2, 0.25) is 0 Å². The number of carbonyl (C=O) groups excluding carboxylic acids is 1. The fraction of sp³-hybridized carbons (Fsp3) is 0.706. The molecule has 37 heavy (non-hydrogen) atoms. The molecular formula is C34H48O3. The normalized spacial score (nSPS) is 36.2. The molecule has 3 nitrogen and oxygen atoms in total. The van der Waals surface area contributed by atoms with Gasteiger partial charge in [-0.15, -0.1) is 0 Å². The minimum atomic E-state index is -0.838. The van der Waals surface area contributed by atoms with Gasteiger partial charge in [0.05, 0.1) is 5.56 Å². The predicted molar refractivity (Wildman–Crippen MR) is 150 cm³/mol. The highest BCUT2D eigenvalue weighted by Gasteiger charge is 2.58. The molecule has 0 heterocycles. The van der Waals surface area contributed by atoms with Crippen LogP contribution in [-0.4, -0.2) is 16.9 Å². The van der Waals surface area contributed by atoms with Crippen molar-refractivity contribution in [2.24, 2.45) is 40.4 Å². The van der Waals surface area contributed by atoms with Crippen LogP contribution in [0.2, 0.25) is 0 Å². The van der Waals surface area contributed by atoms with Gasteiger partial charge in [0.1, 0.15) is 0 Å². The maximum absolute atomic E-state index is 13.9. The first-order valence-electron chi connectivity index (χ1n) is 15.1. The second-order valence-electron chi connectivity index (χ2n) is 14.0. The second kappa shape index (κ2) is 10.0. The van der Waals surface area contributed by atoms with Gasteiger partial charge in [-0.05, 0) is 108 Å². The molecule has 202 valence electrons. The van der Waals surface area contributed by atoms with Crippen molar-refractivity contribution in [3.05, 3.63) is 46.5 Å². The summed E-state index contributed by atoms with van der Waals surface area (Å²) in [5.74, 6) is 2.85. The molecule has 0 amide bonds. The zero-order chi connectivity index (χ0) is 26.5. The molecule has 5 rings (SSSR count). The number of rotatable bonds is 7. The summed E-state index contributed by atoms with van der Waals surface area (Å²) >= 11 is 0. The lowest BCUT2D eigenvalue weighted by molar-refractivity contribution is -0.121. The molecule has 3 heteroatoms. The van der Waals surface area contributed by atoms with E-state index in [-0.39, 0.29) is 16.7 Å². The first kappa shape index (κ1) is 26.7. The van der Waals surface area contributed by atoms with Crippen molar-refractivity contribution < 1.29 is 14.7 Å². The van der Waals surface area contributed by atoms with Gasteiger partial charge in [-0.1, -0.05) is 77.7 Å². The molecule has 0 unspecified atom stereocenters. The number of Topliss-reactive ketones (excluding diaryl/α,β-unsaturated/α-hetero) is 1. The van der Waals surface area contributed by atoms with E-state index in [0.29, 0.717) is 29.6 Å². The quantitative estimate of drug-likeness (QED) is 0.403. The number of carbonyl (C=O) groups is 2. The fourth-order valence-electron chi connectivity index (χ4n) is 9.55. The van der Waals surface area contributed by atoms with Crippen LogP contribution in [0.4, 0.5) is 0 Å². The van der Waals surface area contributed by atoms with Crippen molar-refractivity contribution in [3.63, 3.8) is 0 Å². The van der Waals surface area contributed by atoms with Gasteiger partial charge in [0.15, 0.2) is 5.78 Å². The van der Waals surface area contributed by atoms with Gasteiger partial charge in [0, 0.05) is 6.42 Å². The van der Waals surface area contributed by atoms with Crippen LogP contribution in [0.5, 0.6) is 0 Å². The summed E-state index contributed by atoms with van der Waals surface area (Å²) in [6.07, 6.45) is 12.4. The lowest BCUT2D eigenvalue weighted by atomic mass is 9.49. The van der Waals surface area contributed by atoms with E-state index in [1.807, 2.05) is 18.2 Å². The molecule has 7 atom stereocenters. The van der Waals surface area contributed by atoms with E-state index in [1.165, 1.54) is 49.7 Å². The molecule has 0 saturated heterocycles.